The second-order valence-corrected chi connectivity index (χ2v) is 7.61. The standard InChI is InChI=1S/C23H26N2O2/c1-17(2)19-10-12-20(13-11-19)23-21-9-6-14-24(23)16-25(27-21)22(26)15-18-7-4-3-5-8-18/h3-13,17,21,23H,14-16H2,1-2H3/t21-,23+/m0/s1. The van der Waals surface area contributed by atoms with Gasteiger partial charge in [0.1, 0.15) is 12.8 Å². The quantitative estimate of drug-likeness (QED) is 0.769. The normalized spacial score (nSPS) is 24.3. The van der Waals surface area contributed by atoms with Crippen molar-refractivity contribution in [2.75, 3.05) is 13.2 Å². The Morgan fingerprint density at radius 2 is 1.85 bits per heavy atom. The summed E-state index contributed by atoms with van der Waals surface area (Å²) in [5, 5.41) is 1.53. The smallest absolute Gasteiger partial charge is 0.251 e. The zero-order valence-electron chi connectivity index (χ0n) is 15.9. The minimum atomic E-state index is -0.142. The molecule has 2 bridgehead atoms. The van der Waals surface area contributed by atoms with Crippen molar-refractivity contribution in [3.05, 3.63) is 83.4 Å². The lowest BCUT2D eigenvalue weighted by atomic mass is 9.93. The van der Waals surface area contributed by atoms with E-state index in [-0.39, 0.29) is 18.1 Å². The maximum absolute atomic E-state index is 12.7. The molecule has 2 heterocycles. The molecule has 2 aromatic carbocycles. The lowest BCUT2D eigenvalue weighted by Crippen LogP contribution is -2.55. The van der Waals surface area contributed by atoms with Crippen LogP contribution in [0.25, 0.3) is 0 Å². The fourth-order valence-electron chi connectivity index (χ4n) is 3.82. The number of fused-ring (bicyclic) bond motifs is 2. The molecular weight excluding hydrogens is 336 g/mol. The number of amides is 1. The zero-order chi connectivity index (χ0) is 18.8. The van der Waals surface area contributed by atoms with Gasteiger partial charge in [-0.25, -0.2) is 5.06 Å². The first-order chi connectivity index (χ1) is 13.1. The molecule has 0 N–H and O–H groups in total. The number of nitrogens with zero attached hydrogens (tertiary/aromatic N) is 2. The topological polar surface area (TPSA) is 32.8 Å². The summed E-state index contributed by atoms with van der Waals surface area (Å²) in [5.41, 5.74) is 3.59. The molecule has 140 valence electrons. The summed E-state index contributed by atoms with van der Waals surface area (Å²) in [6, 6.07) is 18.8. The van der Waals surface area contributed by atoms with Crippen LogP contribution in [0.3, 0.4) is 0 Å². The highest BCUT2D eigenvalue weighted by Crippen LogP contribution is 2.35. The van der Waals surface area contributed by atoms with Crippen molar-refractivity contribution < 1.29 is 9.63 Å². The Balaban J connectivity index is 1.49. The van der Waals surface area contributed by atoms with Gasteiger partial charge in [0.15, 0.2) is 0 Å². The maximum atomic E-state index is 12.7. The van der Waals surface area contributed by atoms with Gasteiger partial charge in [-0.2, -0.15) is 0 Å². The molecule has 2 aromatic rings. The van der Waals surface area contributed by atoms with E-state index in [2.05, 4.69) is 55.2 Å². The van der Waals surface area contributed by atoms with Crippen molar-refractivity contribution in [2.45, 2.75) is 38.3 Å². The third kappa shape index (κ3) is 3.82. The Kier molecular flexibility index (Phi) is 5.10. The Morgan fingerprint density at radius 1 is 1.11 bits per heavy atom. The van der Waals surface area contributed by atoms with E-state index >= 15 is 0 Å². The summed E-state index contributed by atoms with van der Waals surface area (Å²) in [5.74, 6) is 0.521. The molecule has 4 heteroatoms. The van der Waals surface area contributed by atoms with Gasteiger partial charge in [0.05, 0.1) is 12.5 Å². The Bertz CT molecular complexity index is 814. The van der Waals surface area contributed by atoms with Gasteiger partial charge >= 0.3 is 0 Å². The fourth-order valence-corrected chi connectivity index (χ4v) is 3.82. The van der Waals surface area contributed by atoms with Crippen LogP contribution in [0.2, 0.25) is 0 Å². The largest absolute Gasteiger partial charge is 0.272 e. The van der Waals surface area contributed by atoms with E-state index < -0.39 is 0 Å². The third-order valence-electron chi connectivity index (χ3n) is 5.35. The van der Waals surface area contributed by atoms with Crippen LogP contribution < -0.4 is 0 Å². The van der Waals surface area contributed by atoms with Crippen LogP contribution in [0.1, 0.15) is 42.5 Å². The monoisotopic (exact) mass is 362 g/mol. The third-order valence-corrected chi connectivity index (χ3v) is 5.35. The van der Waals surface area contributed by atoms with Gasteiger partial charge in [-0.3, -0.25) is 14.5 Å². The first kappa shape index (κ1) is 18.0. The summed E-state index contributed by atoms with van der Waals surface area (Å²) in [6.07, 6.45) is 4.43. The van der Waals surface area contributed by atoms with E-state index in [0.717, 1.165) is 12.1 Å². The molecule has 2 aliphatic rings. The van der Waals surface area contributed by atoms with E-state index in [4.69, 9.17) is 4.84 Å². The molecule has 1 unspecified atom stereocenters. The summed E-state index contributed by atoms with van der Waals surface area (Å²) in [6.45, 7) is 5.72. The Morgan fingerprint density at radius 3 is 2.52 bits per heavy atom. The van der Waals surface area contributed by atoms with Crippen LogP contribution in [0, 0.1) is 0 Å². The van der Waals surface area contributed by atoms with Crippen LogP contribution in [0.4, 0.5) is 0 Å². The molecule has 3 atom stereocenters. The van der Waals surface area contributed by atoms with E-state index in [1.54, 1.807) is 0 Å². The van der Waals surface area contributed by atoms with Gasteiger partial charge in [0.2, 0.25) is 0 Å². The molecule has 1 amide bonds. The summed E-state index contributed by atoms with van der Waals surface area (Å²) < 4.78 is 0. The van der Waals surface area contributed by atoms with Crippen molar-refractivity contribution in [2.24, 2.45) is 0 Å². The average molecular weight is 362 g/mol. The highest BCUT2D eigenvalue weighted by atomic mass is 16.7. The molecule has 0 aliphatic carbocycles. The molecule has 0 saturated carbocycles. The zero-order valence-corrected chi connectivity index (χ0v) is 15.9. The van der Waals surface area contributed by atoms with Gasteiger partial charge in [-0.05, 0) is 22.6 Å². The van der Waals surface area contributed by atoms with Crippen molar-refractivity contribution >= 4 is 5.91 Å². The van der Waals surface area contributed by atoms with Gasteiger partial charge in [-0.15, -0.1) is 0 Å². The van der Waals surface area contributed by atoms with E-state index in [1.807, 2.05) is 30.3 Å². The fraction of sp³-hybridized carbons (Fsp3) is 0.348. The molecular formula is C23H26N2O2. The van der Waals surface area contributed by atoms with E-state index in [9.17, 15) is 4.79 Å². The molecule has 1 saturated heterocycles. The van der Waals surface area contributed by atoms with Crippen LogP contribution in [-0.4, -0.2) is 35.2 Å². The summed E-state index contributed by atoms with van der Waals surface area (Å²) >= 11 is 0. The summed E-state index contributed by atoms with van der Waals surface area (Å²) in [7, 11) is 0. The van der Waals surface area contributed by atoms with Crippen LogP contribution >= 0.6 is 0 Å². The van der Waals surface area contributed by atoms with Crippen molar-refractivity contribution in [3.8, 4) is 0 Å². The van der Waals surface area contributed by atoms with E-state index in [0.29, 0.717) is 19.0 Å². The van der Waals surface area contributed by atoms with Gasteiger partial charge < -0.3 is 0 Å². The molecule has 27 heavy (non-hydrogen) atoms. The highest BCUT2D eigenvalue weighted by molar-refractivity contribution is 5.77. The molecule has 0 aromatic heterocycles. The van der Waals surface area contributed by atoms with Crippen LogP contribution in [-0.2, 0) is 16.1 Å². The molecule has 4 rings (SSSR count). The minimum absolute atomic E-state index is 0.0000979. The van der Waals surface area contributed by atoms with Crippen molar-refractivity contribution in [3.63, 3.8) is 0 Å². The first-order valence-corrected chi connectivity index (χ1v) is 9.63. The number of rotatable bonds is 4. The number of hydrogen-bond acceptors (Lipinski definition) is 3. The molecule has 1 fully saturated rings. The van der Waals surface area contributed by atoms with Gasteiger partial charge in [-0.1, -0.05) is 80.6 Å². The second kappa shape index (κ2) is 7.67. The SMILES string of the molecule is CC(C)c1ccc([C@@H]2[C@@H]3C=CCN2CN(C(=O)Cc2ccccc2)O3)cc1. The Labute approximate surface area is 161 Å². The predicted molar refractivity (Wildman–Crippen MR) is 106 cm³/mol. The minimum Gasteiger partial charge on any atom is -0.272 e. The van der Waals surface area contributed by atoms with Crippen LogP contribution in [0.15, 0.2) is 66.7 Å². The molecule has 2 aliphatic heterocycles. The maximum Gasteiger partial charge on any atom is 0.251 e. The lowest BCUT2D eigenvalue weighted by Gasteiger charge is -2.46. The number of hydrogen-bond donors (Lipinski definition) is 0. The number of benzene rings is 2. The molecule has 0 radical (unpaired) electrons. The predicted octanol–water partition coefficient (Wildman–Crippen LogP) is 4.07. The van der Waals surface area contributed by atoms with Crippen LogP contribution in [0.5, 0.6) is 0 Å². The highest BCUT2D eigenvalue weighted by Gasteiger charge is 2.39. The average Bonchev–Trinajstić information content (AvgIpc) is 2.68. The number of hydroxylamine groups is 2. The van der Waals surface area contributed by atoms with Crippen molar-refractivity contribution in [1.82, 2.24) is 9.96 Å². The molecule has 4 nitrogen and oxygen atoms in total. The Hall–Kier alpha value is -2.43. The lowest BCUT2D eigenvalue weighted by molar-refractivity contribution is -0.254. The van der Waals surface area contributed by atoms with E-state index in [1.165, 1.54) is 16.2 Å². The summed E-state index contributed by atoms with van der Waals surface area (Å²) in [4.78, 5) is 21.1. The number of carbonyl (C=O) groups excluding carboxylic acids is 1. The number of carbonyl (C=O) groups is 1. The van der Waals surface area contributed by atoms with Gasteiger partial charge in [0, 0.05) is 6.54 Å². The van der Waals surface area contributed by atoms with Gasteiger partial charge in [0.25, 0.3) is 5.91 Å². The second-order valence-electron chi connectivity index (χ2n) is 7.61. The van der Waals surface area contributed by atoms with Crippen molar-refractivity contribution in [1.29, 1.82) is 0 Å². The molecule has 0 spiro atoms. The first-order valence-electron chi connectivity index (χ1n) is 9.63.